The Labute approximate surface area is 101 Å². The molecule has 0 spiro atoms. The molecule has 0 aliphatic heterocycles. The maximum absolute atomic E-state index is 11.6. The Morgan fingerprint density at radius 2 is 1.56 bits per heavy atom. The van der Waals surface area contributed by atoms with Crippen molar-refractivity contribution in [1.82, 2.24) is 5.32 Å². The van der Waals surface area contributed by atoms with Crippen molar-refractivity contribution in [2.75, 3.05) is 12.3 Å². The van der Waals surface area contributed by atoms with Gasteiger partial charge in [0, 0.05) is 6.04 Å². The minimum atomic E-state index is -2.86. The van der Waals surface area contributed by atoms with Gasteiger partial charge in [0.05, 0.1) is 11.0 Å². The Morgan fingerprint density at radius 3 is 2.00 bits per heavy atom. The van der Waals surface area contributed by atoms with Gasteiger partial charge in [-0.05, 0) is 39.2 Å². The van der Waals surface area contributed by atoms with Crippen LogP contribution in [0.5, 0.6) is 0 Å². The highest BCUT2D eigenvalue weighted by Crippen LogP contribution is 2.11. The highest BCUT2D eigenvalue weighted by molar-refractivity contribution is 7.91. The van der Waals surface area contributed by atoms with Crippen LogP contribution in [0.25, 0.3) is 0 Å². The van der Waals surface area contributed by atoms with Gasteiger partial charge in [-0.3, -0.25) is 0 Å². The van der Waals surface area contributed by atoms with Crippen LogP contribution < -0.4 is 5.32 Å². The standard InChI is InChI=1S/C12H27NO2S/c1-10(2)13-8-6-12(5)7-9-16(14,15)11(3)4/h10-13H,6-9H2,1-5H3. The molecule has 0 radical (unpaired) electrons. The molecule has 1 unspecified atom stereocenters. The Morgan fingerprint density at radius 1 is 1.00 bits per heavy atom. The second kappa shape index (κ2) is 7.28. The lowest BCUT2D eigenvalue weighted by atomic mass is 10.1. The molecule has 0 bridgehead atoms. The van der Waals surface area contributed by atoms with E-state index in [0.29, 0.717) is 17.7 Å². The Hall–Kier alpha value is -0.0900. The van der Waals surface area contributed by atoms with E-state index in [0.717, 1.165) is 19.4 Å². The molecule has 1 atom stereocenters. The van der Waals surface area contributed by atoms with Gasteiger partial charge >= 0.3 is 0 Å². The summed E-state index contributed by atoms with van der Waals surface area (Å²) in [6.07, 6.45) is 1.83. The summed E-state index contributed by atoms with van der Waals surface area (Å²) in [6.45, 7) is 10.8. The van der Waals surface area contributed by atoms with Gasteiger partial charge in [-0.25, -0.2) is 8.42 Å². The molecular formula is C12H27NO2S. The topological polar surface area (TPSA) is 46.2 Å². The summed E-state index contributed by atoms with van der Waals surface area (Å²) in [7, 11) is -2.86. The first-order valence-electron chi connectivity index (χ1n) is 6.20. The normalized spacial score (nSPS) is 14.7. The van der Waals surface area contributed by atoms with Gasteiger partial charge in [0.15, 0.2) is 9.84 Å². The van der Waals surface area contributed by atoms with E-state index in [4.69, 9.17) is 0 Å². The van der Waals surface area contributed by atoms with E-state index >= 15 is 0 Å². The lowest BCUT2D eigenvalue weighted by Gasteiger charge is -2.14. The molecule has 0 heterocycles. The van der Waals surface area contributed by atoms with Crippen molar-refractivity contribution in [3.05, 3.63) is 0 Å². The molecular weight excluding hydrogens is 222 g/mol. The van der Waals surface area contributed by atoms with E-state index < -0.39 is 9.84 Å². The molecule has 0 saturated carbocycles. The molecule has 0 amide bonds. The maximum atomic E-state index is 11.6. The van der Waals surface area contributed by atoms with Crippen molar-refractivity contribution in [3.63, 3.8) is 0 Å². The molecule has 0 aliphatic carbocycles. The van der Waals surface area contributed by atoms with E-state index in [-0.39, 0.29) is 5.25 Å². The minimum Gasteiger partial charge on any atom is -0.315 e. The van der Waals surface area contributed by atoms with Crippen LogP contribution in [0.15, 0.2) is 0 Å². The molecule has 0 aromatic heterocycles. The minimum absolute atomic E-state index is 0.242. The van der Waals surface area contributed by atoms with E-state index in [2.05, 4.69) is 26.1 Å². The van der Waals surface area contributed by atoms with Crippen LogP contribution in [-0.4, -0.2) is 32.0 Å². The largest absolute Gasteiger partial charge is 0.315 e. The Bertz CT molecular complexity index is 271. The van der Waals surface area contributed by atoms with E-state index in [1.54, 1.807) is 13.8 Å². The summed E-state index contributed by atoms with van der Waals surface area (Å²) in [5.74, 6) is 0.799. The van der Waals surface area contributed by atoms with Crippen LogP contribution in [-0.2, 0) is 9.84 Å². The second-order valence-corrected chi connectivity index (χ2v) is 7.88. The number of hydrogen-bond donors (Lipinski definition) is 1. The van der Waals surface area contributed by atoms with Crippen molar-refractivity contribution in [1.29, 1.82) is 0 Å². The van der Waals surface area contributed by atoms with Crippen LogP contribution in [0.2, 0.25) is 0 Å². The zero-order valence-electron chi connectivity index (χ0n) is 11.3. The lowest BCUT2D eigenvalue weighted by Crippen LogP contribution is -2.25. The van der Waals surface area contributed by atoms with Gasteiger partial charge in [0.1, 0.15) is 0 Å². The number of hydrogen-bond acceptors (Lipinski definition) is 3. The molecule has 1 N–H and O–H groups in total. The van der Waals surface area contributed by atoms with Crippen LogP contribution in [0.1, 0.15) is 47.5 Å². The van der Waals surface area contributed by atoms with Gasteiger partial charge in [-0.1, -0.05) is 20.8 Å². The van der Waals surface area contributed by atoms with Crippen molar-refractivity contribution in [2.45, 2.75) is 58.8 Å². The zero-order chi connectivity index (χ0) is 12.8. The van der Waals surface area contributed by atoms with Gasteiger partial charge in [-0.2, -0.15) is 0 Å². The fourth-order valence-electron chi connectivity index (χ4n) is 1.36. The molecule has 0 rings (SSSR count). The van der Waals surface area contributed by atoms with E-state index in [1.807, 2.05) is 0 Å². The molecule has 0 aliphatic rings. The second-order valence-electron chi connectivity index (χ2n) is 5.21. The third-order valence-corrected chi connectivity index (χ3v) is 5.04. The third kappa shape index (κ3) is 7.23. The molecule has 0 aromatic carbocycles. The summed E-state index contributed by atoms with van der Waals surface area (Å²) >= 11 is 0. The number of nitrogens with one attached hydrogen (secondary N) is 1. The predicted octanol–water partition coefficient (Wildman–Crippen LogP) is 2.22. The average Bonchev–Trinajstić information content (AvgIpc) is 2.14. The summed E-state index contributed by atoms with van der Waals surface area (Å²) in [5, 5.41) is 3.10. The molecule has 0 aromatic rings. The van der Waals surface area contributed by atoms with Gasteiger partial charge in [0.2, 0.25) is 0 Å². The fourth-order valence-corrected chi connectivity index (χ4v) is 2.57. The number of sulfone groups is 1. The van der Waals surface area contributed by atoms with Gasteiger partial charge in [0.25, 0.3) is 0 Å². The third-order valence-electron chi connectivity index (χ3n) is 2.80. The first-order valence-corrected chi connectivity index (χ1v) is 7.92. The van der Waals surface area contributed by atoms with Crippen LogP contribution >= 0.6 is 0 Å². The van der Waals surface area contributed by atoms with E-state index in [1.165, 1.54) is 0 Å². The summed E-state index contributed by atoms with van der Waals surface area (Å²) in [6, 6.07) is 0.506. The monoisotopic (exact) mass is 249 g/mol. The van der Waals surface area contributed by atoms with Crippen molar-refractivity contribution >= 4 is 9.84 Å². The van der Waals surface area contributed by atoms with Crippen molar-refractivity contribution in [2.24, 2.45) is 5.92 Å². The van der Waals surface area contributed by atoms with Crippen molar-refractivity contribution < 1.29 is 8.42 Å². The van der Waals surface area contributed by atoms with Crippen LogP contribution in [0, 0.1) is 5.92 Å². The van der Waals surface area contributed by atoms with Crippen LogP contribution in [0.3, 0.4) is 0 Å². The van der Waals surface area contributed by atoms with Crippen LogP contribution in [0.4, 0.5) is 0 Å². The summed E-state index contributed by atoms with van der Waals surface area (Å²) < 4.78 is 23.2. The predicted molar refractivity (Wildman–Crippen MR) is 70.5 cm³/mol. The molecule has 16 heavy (non-hydrogen) atoms. The summed E-state index contributed by atoms with van der Waals surface area (Å²) in [4.78, 5) is 0. The smallest absolute Gasteiger partial charge is 0.152 e. The lowest BCUT2D eigenvalue weighted by molar-refractivity contribution is 0.465. The zero-order valence-corrected chi connectivity index (χ0v) is 12.1. The first-order chi connectivity index (χ1) is 7.25. The Balaban J connectivity index is 3.78. The Kier molecular flexibility index (Phi) is 7.24. The molecule has 0 fully saturated rings. The quantitative estimate of drug-likeness (QED) is 0.717. The average molecular weight is 249 g/mol. The van der Waals surface area contributed by atoms with Crippen molar-refractivity contribution in [3.8, 4) is 0 Å². The first kappa shape index (κ1) is 15.9. The number of rotatable bonds is 8. The highest BCUT2D eigenvalue weighted by atomic mass is 32.2. The molecule has 0 saturated heterocycles. The maximum Gasteiger partial charge on any atom is 0.152 e. The SMILES string of the molecule is CC(CCNC(C)C)CCS(=O)(=O)C(C)C. The molecule has 98 valence electrons. The van der Waals surface area contributed by atoms with Gasteiger partial charge in [-0.15, -0.1) is 0 Å². The fraction of sp³-hybridized carbons (Fsp3) is 1.00. The van der Waals surface area contributed by atoms with Gasteiger partial charge < -0.3 is 5.32 Å². The summed E-state index contributed by atoms with van der Waals surface area (Å²) in [5.41, 5.74) is 0. The molecule has 4 heteroatoms. The van der Waals surface area contributed by atoms with E-state index in [9.17, 15) is 8.42 Å². The highest BCUT2D eigenvalue weighted by Gasteiger charge is 2.17. The molecule has 3 nitrogen and oxygen atoms in total.